The topological polar surface area (TPSA) is 62.5 Å². The smallest absolute Gasteiger partial charge is 0.251 e. The van der Waals surface area contributed by atoms with Crippen molar-refractivity contribution in [3.63, 3.8) is 0 Å². The lowest BCUT2D eigenvalue weighted by atomic mass is 10.0. The van der Waals surface area contributed by atoms with Crippen molar-refractivity contribution in [1.29, 1.82) is 0 Å². The molecule has 0 fully saturated rings. The maximum Gasteiger partial charge on any atom is 0.251 e. The molecule has 0 aliphatic carbocycles. The van der Waals surface area contributed by atoms with Crippen LogP contribution in [-0.2, 0) is 5.60 Å². The Hall–Kier alpha value is -1.72. The van der Waals surface area contributed by atoms with Crippen LogP contribution in [0.1, 0.15) is 28.8 Å². The molecule has 1 unspecified atom stereocenters. The van der Waals surface area contributed by atoms with Gasteiger partial charge in [0.1, 0.15) is 17.1 Å². The molecule has 0 radical (unpaired) electrons. The highest BCUT2D eigenvalue weighted by Crippen LogP contribution is 2.22. The molecule has 0 aliphatic rings. The normalized spacial score (nSPS) is 13.7. The number of aliphatic hydroxyl groups is 1. The van der Waals surface area contributed by atoms with E-state index < -0.39 is 5.60 Å². The van der Waals surface area contributed by atoms with Gasteiger partial charge in [0.15, 0.2) is 0 Å². The van der Waals surface area contributed by atoms with Crippen molar-refractivity contribution < 1.29 is 14.3 Å². The molecule has 112 valence electrons. The molecule has 4 nitrogen and oxygen atoms in total. The van der Waals surface area contributed by atoms with E-state index in [-0.39, 0.29) is 12.5 Å². The third kappa shape index (κ3) is 3.89. The zero-order valence-corrected chi connectivity index (χ0v) is 13.2. The Labute approximate surface area is 128 Å². The zero-order valence-electron chi connectivity index (χ0n) is 12.3. The van der Waals surface area contributed by atoms with Crippen LogP contribution in [-0.4, -0.2) is 23.8 Å². The molecule has 1 amide bonds. The maximum absolute atomic E-state index is 12.1. The van der Waals surface area contributed by atoms with E-state index in [1.807, 2.05) is 25.3 Å². The van der Waals surface area contributed by atoms with Gasteiger partial charge >= 0.3 is 0 Å². The van der Waals surface area contributed by atoms with E-state index in [9.17, 15) is 9.90 Å². The van der Waals surface area contributed by atoms with Crippen molar-refractivity contribution in [2.24, 2.45) is 0 Å². The molecule has 1 heterocycles. The van der Waals surface area contributed by atoms with Crippen LogP contribution in [0.25, 0.3) is 0 Å². The predicted octanol–water partition coefficient (Wildman–Crippen LogP) is 2.95. The number of rotatable bonds is 5. The Bertz CT molecular complexity index is 617. The summed E-state index contributed by atoms with van der Waals surface area (Å²) in [4.78, 5) is 13.2. The summed E-state index contributed by atoms with van der Waals surface area (Å²) in [5.41, 5.74) is -0.664. The molecule has 0 bridgehead atoms. The highest BCUT2D eigenvalue weighted by molar-refractivity contribution is 7.98. The molecule has 2 aromatic rings. The van der Waals surface area contributed by atoms with E-state index in [0.717, 1.165) is 10.7 Å². The average Bonchev–Trinajstić information content (AvgIpc) is 2.92. The minimum atomic E-state index is -1.23. The summed E-state index contributed by atoms with van der Waals surface area (Å²) < 4.78 is 5.41. The van der Waals surface area contributed by atoms with Gasteiger partial charge in [0.2, 0.25) is 0 Å². The summed E-state index contributed by atoms with van der Waals surface area (Å²) in [5.74, 6) is 0.952. The third-order valence-corrected chi connectivity index (χ3v) is 3.96. The minimum Gasteiger partial charge on any atom is -0.463 e. The standard InChI is InChI=1S/C16H19NO3S/c1-11-4-9-14(20-11)16(2,19)10-17-15(18)12-5-7-13(21-3)8-6-12/h4-9,19H,10H2,1-3H3,(H,17,18). The fraction of sp³-hybridized carbons (Fsp3) is 0.312. The Morgan fingerprint density at radius 3 is 2.48 bits per heavy atom. The summed E-state index contributed by atoms with van der Waals surface area (Å²) in [7, 11) is 0. The molecule has 1 atom stereocenters. The molecule has 0 aliphatic heterocycles. The lowest BCUT2D eigenvalue weighted by Gasteiger charge is -2.21. The molecule has 1 aromatic heterocycles. The number of furan rings is 1. The fourth-order valence-corrected chi connectivity index (χ4v) is 2.32. The van der Waals surface area contributed by atoms with Crippen molar-refractivity contribution in [3.8, 4) is 0 Å². The average molecular weight is 305 g/mol. The van der Waals surface area contributed by atoms with Crippen molar-refractivity contribution in [2.45, 2.75) is 24.3 Å². The molecule has 2 rings (SSSR count). The summed E-state index contributed by atoms with van der Waals surface area (Å²) in [6.45, 7) is 3.51. The number of amides is 1. The van der Waals surface area contributed by atoms with E-state index in [0.29, 0.717) is 11.3 Å². The number of aryl methyl sites for hydroxylation is 1. The quantitative estimate of drug-likeness (QED) is 0.834. The molecular weight excluding hydrogens is 286 g/mol. The molecule has 2 N–H and O–H groups in total. The number of nitrogens with one attached hydrogen (secondary N) is 1. The largest absolute Gasteiger partial charge is 0.463 e. The van der Waals surface area contributed by atoms with E-state index >= 15 is 0 Å². The van der Waals surface area contributed by atoms with Crippen LogP contribution in [0, 0.1) is 6.92 Å². The van der Waals surface area contributed by atoms with Crippen molar-refractivity contribution >= 4 is 17.7 Å². The van der Waals surface area contributed by atoms with Gasteiger partial charge in [0.05, 0.1) is 6.54 Å². The fourth-order valence-electron chi connectivity index (χ4n) is 1.91. The monoisotopic (exact) mass is 305 g/mol. The van der Waals surface area contributed by atoms with Crippen LogP contribution in [0.5, 0.6) is 0 Å². The molecule has 0 saturated heterocycles. The first-order valence-corrected chi connectivity index (χ1v) is 7.86. The number of hydrogen-bond acceptors (Lipinski definition) is 4. The van der Waals surface area contributed by atoms with Crippen molar-refractivity contribution in [2.75, 3.05) is 12.8 Å². The van der Waals surface area contributed by atoms with Gasteiger partial charge in [0, 0.05) is 10.5 Å². The number of carbonyl (C=O) groups excluding carboxylic acids is 1. The second-order valence-electron chi connectivity index (χ2n) is 5.10. The lowest BCUT2D eigenvalue weighted by molar-refractivity contribution is 0.0323. The molecule has 21 heavy (non-hydrogen) atoms. The Kier molecular flexibility index (Phi) is 4.75. The van der Waals surface area contributed by atoms with Crippen LogP contribution in [0.2, 0.25) is 0 Å². The van der Waals surface area contributed by atoms with Gasteiger partial charge in [-0.25, -0.2) is 0 Å². The summed E-state index contributed by atoms with van der Waals surface area (Å²) in [6.07, 6.45) is 1.98. The van der Waals surface area contributed by atoms with Crippen LogP contribution in [0.3, 0.4) is 0 Å². The van der Waals surface area contributed by atoms with Gasteiger partial charge in [-0.15, -0.1) is 11.8 Å². The first-order valence-electron chi connectivity index (χ1n) is 6.64. The second kappa shape index (κ2) is 6.37. The van der Waals surface area contributed by atoms with Gasteiger partial charge in [-0.05, 0) is 56.5 Å². The van der Waals surface area contributed by atoms with Gasteiger partial charge in [-0.1, -0.05) is 0 Å². The summed E-state index contributed by atoms with van der Waals surface area (Å²) in [6, 6.07) is 10.8. The SMILES string of the molecule is CSc1ccc(C(=O)NCC(C)(O)c2ccc(C)o2)cc1. The van der Waals surface area contributed by atoms with E-state index in [4.69, 9.17) is 4.42 Å². The van der Waals surface area contributed by atoms with E-state index in [1.165, 1.54) is 0 Å². The molecule has 5 heteroatoms. The molecular formula is C16H19NO3S. The minimum absolute atomic E-state index is 0.0864. The van der Waals surface area contributed by atoms with Crippen molar-refractivity contribution in [3.05, 3.63) is 53.5 Å². The van der Waals surface area contributed by atoms with Crippen LogP contribution >= 0.6 is 11.8 Å². The lowest BCUT2D eigenvalue weighted by Crippen LogP contribution is -2.38. The zero-order chi connectivity index (χ0) is 15.5. The van der Waals surface area contributed by atoms with Crippen LogP contribution in [0.4, 0.5) is 0 Å². The maximum atomic E-state index is 12.1. The summed E-state index contributed by atoms with van der Waals surface area (Å²) in [5, 5.41) is 13.1. The number of thioether (sulfide) groups is 1. The highest BCUT2D eigenvalue weighted by Gasteiger charge is 2.27. The number of benzene rings is 1. The third-order valence-electron chi connectivity index (χ3n) is 3.22. The van der Waals surface area contributed by atoms with Gasteiger partial charge in [0.25, 0.3) is 5.91 Å². The Morgan fingerprint density at radius 1 is 1.29 bits per heavy atom. The molecule has 0 spiro atoms. The Morgan fingerprint density at radius 2 is 1.95 bits per heavy atom. The van der Waals surface area contributed by atoms with Crippen LogP contribution < -0.4 is 5.32 Å². The molecule has 1 aromatic carbocycles. The van der Waals surface area contributed by atoms with Crippen LogP contribution in [0.15, 0.2) is 45.7 Å². The Balaban J connectivity index is 1.99. The number of hydrogen-bond donors (Lipinski definition) is 2. The van der Waals surface area contributed by atoms with Gasteiger partial charge < -0.3 is 14.8 Å². The first kappa shape index (κ1) is 15.7. The van der Waals surface area contributed by atoms with Gasteiger partial charge in [-0.3, -0.25) is 4.79 Å². The van der Waals surface area contributed by atoms with E-state index in [2.05, 4.69) is 5.32 Å². The highest BCUT2D eigenvalue weighted by atomic mass is 32.2. The summed E-state index contributed by atoms with van der Waals surface area (Å²) >= 11 is 1.62. The van der Waals surface area contributed by atoms with E-state index in [1.54, 1.807) is 43.0 Å². The first-order chi connectivity index (χ1) is 9.92. The molecule has 0 saturated carbocycles. The van der Waals surface area contributed by atoms with Gasteiger partial charge in [-0.2, -0.15) is 0 Å². The second-order valence-corrected chi connectivity index (χ2v) is 5.97. The van der Waals surface area contributed by atoms with Crippen molar-refractivity contribution in [1.82, 2.24) is 5.32 Å². The predicted molar refractivity (Wildman–Crippen MR) is 83.6 cm³/mol. The number of carbonyl (C=O) groups is 1.